The number of piperidine rings is 1. The Morgan fingerprint density at radius 3 is 2.32 bits per heavy atom. The number of hydrogen-bond acceptors (Lipinski definition) is 2. The molecule has 6 heteroatoms. The third kappa shape index (κ3) is 7.47. The summed E-state index contributed by atoms with van der Waals surface area (Å²) in [6.07, 6.45) is 6.81. The molecule has 0 atom stereocenters. The van der Waals surface area contributed by atoms with E-state index in [0.29, 0.717) is 0 Å². The van der Waals surface area contributed by atoms with E-state index in [-0.39, 0.29) is 24.0 Å². The zero-order valence-corrected chi connectivity index (χ0v) is 19.4. The van der Waals surface area contributed by atoms with Crippen LogP contribution < -0.4 is 10.6 Å². The SMILES string of the molecule is CN=C(NCCn1cccc1)NCc1ccc(CN2CCC(C)CC2)cc1.I. The minimum atomic E-state index is 0. The van der Waals surface area contributed by atoms with Gasteiger partial charge in [0.25, 0.3) is 0 Å². The molecule has 154 valence electrons. The number of halogens is 1. The molecule has 0 spiro atoms. The Balaban J connectivity index is 0.00000280. The van der Waals surface area contributed by atoms with Crippen LogP contribution in [0.15, 0.2) is 53.8 Å². The number of hydrogen-bond donors (Lipinski definition) is 2. The molecule has 0 amide bonds. The molecule has 5 nitrogen and oxygen atoms in total. The van der Waals surface area contributed by atoms with Crippen LogP contribution in [0.5, 0.6) is 0 Å². The van der Waals surface area contributed by atoms with Gasteiger partial charge in [0.05, 0.1) is 0 Å². The van der Waals surface area contributed by atoms with Crippen LogP contribution in [0.3, 0.4) is 0 Å². The predicted molar refractivity (Wildman–Crippen MR) is 128 cm³/mol. The maximum atomic E-state index is 4.30. The van der Waals surface area contributed by atoms with E-state index in [9.17, 15) is 0 Å². The van der Waals surface area contributed by atoms with Crippen molar-refractivity contribution in [2.24, 2.45) is 10.9 Å². The van der Waals surface area contributed by atoms with E-state index in [2.05, 4.69) is 68.7 Å². The van der Waals surface area contributed by atoms with Gasteiger partial charge < -0.3 is 15.2 Å². The van der Waals surface area contributed by atoms with Gasteiger partial charge in [0, 0.05) is 45.6 Å². The minimum Gasteiger partial charge on any atom is -0.355 e. The van der Waals surface area contributed by atoms with Crippen LogP contribution in [0.1, 0.15) is 30.9 Å². The number of benzene rings is 1. The molecule has 0 saturated carbocycles. The molecule has 2 aromatic rings. The second kappa shape index (κ2) is 12.1. The van der Waals surface area contributed by atoms with Gasteiger partial charge in [-0.3, -0.25) is 9.89 Å². The lowest BCUT2D eigenvalue weighted by Crippen LogP contribution is -2.38. The van der Waals surface area contributed by atoms with Gasteiger partial charge in [0.15, 0.2) is 5.96 Å². The van der Waals surface area contributed by atoms with Crippen molar-refractivity contribution in [1.82, 2.24) is 20.1 Å². The average molecular weight is 495 g/mol. The zero-order valence-electron chi connectivity index (χ0n) is 17.1. The van der Waals surface area contributed by atoms with Gasteiger partial charge in [-0.25, -0.2) is 0 Å². The van der Waals surface area contributed by atoms with Gasteiger partial charge in [-0.1, -0.05) is 31.2 Å². The maximum absolute atomic E-state index is 4.30. The Bertz CT molecular complexity index is 688. The number of nitrogens with one attached hydrogen (secondary N) is 2. The molecule has 2 heterocycles. The lowest BCUT2D eigenvalue weighted by Gasteiger charge is -2.30. The quantitative estimate of drug-likeness (QED) is 0.350. The standard InChI is InChI=1S/C22H33N5.HI/c1-19-9-14-27(15-10-19)18-21-7-5-20(6-8-21)17-25-22(23-2)24-11-16-26-12-3-4-13-26;/h3-8,12-13,19H,9-11,14-18H2,1-2H3,(H2,23,24,25);1H. The molecule has 1 aromatic carbocycles. The van der Waals surface area contributed by atoms with E-state index >= 15 is 0 Å². The van der Waals surface area contributed by atoms with E-state index in [1.807, 2.05) is 19.2 Å². The molecule has 3 rings (SSSR count). The second-order valence-electron chi connectivity index (χ2n) is 7.55. The highest BCUT2D eigenvalue weighted by atomic mass is 127. The van der Waals surface area contributed by atoms with Crippen molar-refractivity contribution in [3.8, 4) is 0 Å². The topological polar surface area (TPSA) is 44.6 Å². The first kappa shape index (κ1) is 22.7. The van der Waals surface area contributed by atoms with Crippen LogP contribution in [0.25, 0.3) is 0 Å². The third-order valence-electron chi connectivity index (χ3n) is 5.32. The highest BCUT2D eigenvalue weighted by molar-refractivity contribution is 14.0. The number of likely N-dealkylation sites (tertiary alicyclic amines) is 1. The molecule has 0 aliphatic carbocycles. The largest absolute Gasteiger partial charge is 0.355 e. The fraction of sp³-hybridized carbons (Fsp3) is 0.500. The summed E-state index contributed by atoms with van der Waals surface area (Å²) in [6.45, 7) is 8.46. The summed E-state index contributed by atoms with van der Waals surface area (Å²) in [5.74, 6) is 1.73. The summed E-state index contributed by atoms with van der Waals surface area (Å²) in [7, 11) is 1.81. The number of guanidine groups is 1. The van der Waals surface area contributed by atoms with Crippen molar-refractivity contribution < 1.29 is 0 Å². The van der Waals surface area contributed by atoms with Gasteiger partial charge in [0.1, 0.15) is 0 Å². The fourth-order valence-electron chi connectivity index (χ4n) is 3.47. The van der Waals surface area contributed by atoms with Crippen molar-refractivity contribution >= 4 is 29.9 Å². The van der Waals surface area contributed by atoms with E-state index in [1.54, 1.807) is 0 Å². The van der Waals surface area contributed by atoms with Crippen LogP contribution in [0, 0.1) is 5.92 Å². The van der Waals surface area contributed by atoms with Crippen molar-refractivity contribution in [2.75, 3.05) is 26.7 Å². The highest BCUT2D eigenvalue weighted by Crippen LogP contribution is 2.18. The van der Waals surface area contributed by atoms with Crippen molar-refractivity contribution in [3.05, 3.63) is 59.9 Å². The monoisotopic (exact) mass is 495 g/mol. The summed E-state index contributed by atoms with van der Waals surface area (Å²) >= 11 is 0. The average Bonchev–Trinajstić information content (AvgIpc) is 3.21. The maximum Gasteiger partial charge on any atom is 0.191 e. The molecular weight excluding hydrogens is 461 g/mol. The molecule has 0 unspecified atom stereocenters. The summed E-state index contributed by atoms with van der Waals surface area (Å²) in [5, 5.41) is 6.75. The van der Waals surface area contributed by atoms with Gasteiger partial charge in [0.2, 0.25) is 0 Å². The first-order valence-corrected chi connectivity index (χ1v) is 10.1. The molecule has 28 heavy (non-hydrogen) atoms. The number of rotatable bonds is 7. The second-order valence-corrected chi connectivity index (χ2v) is 7.55. The zero-order chi connectivity index (χ0) is 18.9. The number of nitrogens with zero attached hydrogens (tertiary/aromatic N) is 3. The Morgan fingerprint density at radius 2 is 1.68 bits per heavy atom. The molecule has 1 fully saturated rings. The van der Waals surface area contributed by atoms with Crippen LogP contribution in [0.4, 0.5) is 0 Å². The molecular formula is C22H34IN5. The van der Waals surface area contributed by atoms with Crippen LogP contribution in [-0.2, 0) is 19.6 Å². The fourth-order valence-corrected chi connectivity index (χ4v) is 3.47. The first-order valence-electron chi connectivity index (χ1n) is 10.1. The van der Waals surface area contributed by atoms with E-state index < -0.39 is 0 Å². The van der Waals surface area contributed by atoms with Crippen LogP contribution in [-0.4, -0.2) is 42.1 Å². The number of aromatic nitrogens is 1. The Labute approximate surface area is 186 Å². The van der Waals surface area contributed by atoms with Gasteiger partial charge in [-0.15, -0.1) is 24.0 Å². The molecule has 0 radical (unpaired) electrons. The lowest BCUT2D eigenvalue weighted by atomic mass is 9.99. The van der Waals surface area contributed by atoms with Crippen molar-refractivity contribution in [1.29, 1.82) is 0 Å². The van der Waals surface area contributed by atoms with Gasteiger partial charge in [-0.05, 0) is 55.1 Å². The molecule has 1 saturated heterocycles. The van der Waals surface area contributed by atoms with Crippen molar-refractivity contribution in [2.45, 2.75) is 39.4 Å². The smallest absolute Gasteiger partial charge is 0.191 e. The Hall–Kier alpha value is -1.54. The first-order chi connectivity index (χ1) is 13.2. The molecule has 2 N–H and O–H groups in total. The van der Waals surface area contributed by atoms with Gasteiger partial charge >= 0.3 is 0 Å². The Kier molecular flexibility index (Phi) is 9.84. The van der Waals surface area contributed by atoms with Crippen molar-refractivity contribution in [3.63, 3.8) is 0 Å². The summed E-state index contributed by atoms with van der Waals surface area (Å²) < 4.78 is 2.15. The minimum absolute atomic E-state index is 0. The van der Waals surface area contributed by atoms with Crippen LogP contribution in [0.2, 0.25) is 0 Å². The normalized spacial score (nSPS) is 15.9. The Morgan fingerprint density at radius 1 is 1.04 bits per heavy atom. The molecule has 1 aliphatic rings. The summed E-state index contributed by atoms with van der Waals surface area (Å²) in [6, 6.07) is 13.1. The van der Waals surface area contributed by atoms with E-state index in [1.165, 1.54) is 37.1 Å². The van der Waals surface area contributed by atoms with E-state index in [4.69, 9.17) is 0 Å². The molecule has 0 bridgehead atoms. The lowest BCUT2D eigenvalue weighted by molar-refractivity contribution is 0.185. The summed E-state index contributed by atoms with van der Waals surface area (Å²) in [5.41, 5.74) is 2.68. The highest BCUT2D eigenvalue weighted by Gasteiger charge is 2.15. The third-order valence-corrected chi connectivity index (χ3v) is 5.32. The van der Waals surface area contributed by atoms with Crippen LogP contribution >= 0.6 is 24.0 Å². The number of aliphatic imine (C=N–C) groups is 1. The molecule has 1 aromatic heterocycles. The predicted octanol–water partition coefficient (Wildman–Crippen LogP) is 3.70. The molecule has 1 aliphatic heterocycles. The summed E-state index contributed by atoms with van der Waals surface area (Å²) in [4.78, 5) is 6.87. The van der Waals surface area contributed by atoms with Gasteiger partial charge in [-0.2, -0.15) is 0 Å². The van der Waals surface area contributed by atoms with E-state index in [0.717, 1.165) is 38.1 Å².